The van der Waals surface area contributed by atoms with Crippen LogP contribution in [0.3, 0.4) is 0 Å². The lowest BCUT2D eigenvalue weighted by molar-refractivity contribution is -0.384. The van der Waals surface area contributed by atoms with E-state index in [0.29, 0.717) is 5.56 Å². The van der Waals surface area contributed by atoms with Crippen molar-refractivity contribution in [3.8, 4) is 0 Å². The van der Waals surface area contributed by atoms with Gasteiger partial charge in [-0.25, -0.2) is 4.79 Å². The van der Waals surface area contributed by atoms with E-state index in [4.69, 9.17) is 5.11 Å². The number of non-ortho nitro benzene ring substituents is 1. The Morgan fingerprint density at radius 3 is 2.81 bits per heavy atom. The molecule has 0 saturated carbocycles. The SMILES string of the molecule is Cc1ccc([N+](=O)[O-])cc1C=C=CC(=O)O. The Bertz CT molecular complexity index is 499. The van der Waals surface area contributed by atoms with E-state index in [9.17, 15) is 14.9 Å². The summed E-state index contributed by atoms with van der Waals surface area (Å²) < 4.78 is 0. The third-order valence-electron chi connectivity index (χ3n) is 1.92. The largest absolute Gasteiger partial charge is 0.478 e. The molecule has 1 aromatic carbocycles. The van der Waals surface area contributed by atoms with Gasteiger partial charge in [0.15, 0.2) is 0 Å². The van der Waals surface area contributed by atoms with Gasteiger partial charge >= 0.3 is 5.97 Å². The summed E-state index contributed by atoms with van der Waals surface area (Å²) in [4.78, 5) is 20.2. The number of benzene rings is 1. The molecule has 0 radical (unpaired) electrons. The minimum atomic E-state index is -1.11. The number of hydrogen-bond acceptors (Lipinski definition) is 3. The third kappa shape index (κ3) is 3.08. The quantitative estimate of drug-likeness (QED) is 0.365. The second kappa shape index (κ2) is 4.91. The topological polar surface area (TPSA) is 80.4 Å². The summed E-state index contributed by atoms with van der Waals surface area (Å²) in [6.45, 7) is 1.78. The van der Waals surface area contributed by atoms with Gasteiger partial charge in [0.05, 0.1) is 11.0 Å². The first-order valence-corrected chi connectivity index (χ1v) is 4.41. The molecule has 0 aliphatic heterocycles. The molecule has 5 heteroatoms. The van der Waals surface area contributed by atoms with E-state index in [1.165, 1.54) is 18.2 Å². The molecule has 0 fully saturated rings. The van der Waals surface area contributed by atoms with Crippen molar-refractivity contribution in [1.29, 1.82) is 0 Å². The molecule has 1 rings (SSSR count). The monoisotopic (exact) mass is 219 g/mol. The van der Waals surface area contributed by atoms with Crippen LogP contribution in [0.4, 0.5) is 5.69 Å². The first-order valence-electron chi connectivity index (χ1n) is 4.41. The number of carbonyl (C=O) groups is 1. The number of rotatable bonds is 3. The Balaban J connectivity index is 3.13. The first-order chi connectivity index (χ1) is 7.50. The van der Waals surface area contributed by atoms with Crippen molar-refractivity contribution >= 4 is 17.7 Å². The van der Waals surface area contributed by atoms with Crippen molar-refractivity contribution in [2.75, 3.05) is 0 Å². The fraction of sp³-hybridized carbons (Fsp3) is 0.0909. The summed E-state index contributed by atoms with van der Waals surface area (Å²) in [6, 6.07) is 4.37. The maximum atomic E-state index is 10.5. The second-order valence-corrected chi connectivity index (χ2v) is 3.09. The number of nitro groups is 1. The standard InChI is InChI=1S/C11H9NO4/c1-8-5-6-10(12(15)16)7-9(8)3-2-4-11(13)14/h3-7H,1H3,(H,13,14). The van der Waals surface area contributed by atoms with Crippen LogP contribution in [0.15, 0.2) is 30.0 Å². The molecule has 0 amide bonds. The van der Waals surface area contributed by atoms with Gasteiger partial charge in [0, 0.05) is 12.1 Å². The van der Waals surface area contributed by atoms with Crippen LogP contribution >= 0.6 is 0 Å². The number of carboxylic acids is 1. The van der Waals surface area contributed by atoms with Crippen LogP contribution in [0.25, 0.3) is 6.08 Å². The van der Waals surface area contributed by atoms with E-state index >= 15 is 0 Å². The molecule has 0 bridgehead atoms. The number of hydrogen-bond donors (Lipinski definition) is 1. The van der Waals surface area contributed by atoms with E-state index in [1.807, 2.05) is 0 Å². The summed E-state index contributed by atoms with van der Waals surface area (Å²) in [5.41, 5.74) is 3.79. The number of nitrogens with zero attached hydrogens (tertiary/aromatic N) is 1. The lowest BCUT2D eigenvalue weighted by Crippen LogP contribution is -1.89. The van der Waals surface area contributed by atoms with Gasteiger partial charge in [0.25, 0.3) is 5.69 Å². The summed E-state index contributed by atoms with van der Waals surface area (Å²) in [5, 5.41) is 18.9. The number of carboxylic acid groups (broad SMARTS) is 1. The van der Waals surface area contributed by atoms with Crippen molar-refractivity contribution in [1.82, 2.24) is 0 Å². The molecule has 5 nitrogen and oxygen atoms in total. The van der Waals surface area contributed by atoms with Crippen LogP contribution in [-0.4, -0.2) is 16.0 Å². The highest BCUT2D eigenvalue weighted by molar-refractivity contribution is 5.80. The van der Waals surface area contributed by atoms with Crippen LogP contribution in [0, 0.1) is 17.0 Å². The molecule has 0 heterocycles. The predicted molar refractivity (Wildman–Crippen MR) is 58.0 cm³/mol. The van der Waals surface area contributed by atoms with Crippen molar-refractivity contribution < 1.29 is 14.8 Å². The van der Waals surface area contributed by atoms with Gasteiger partial charge in [0.1, 0.15) is 0 Å². The molecule has 0 spiro atoms. The zero-order valence-electron chi connectivity index (χ0n) is 8.51. The van der Waals surface area contributed by atoms with Crippen LogP contribution in [-0.2, 0) is 4.79 Å². The third-order valence-corrected chi connectivity index (χ3v) is 1.92. The summed E-state index contributed by atoms with van der Waals surface area (Å²) in [5.74, 6) is -1.11. The molecule has 0 atom stereocenters. The smallest absolute Gasteiger partial charge is 0.336 e. The minimum absolute atomic E-state index is 0.0334. The molecule has 0 saturated heterocycles. The van der Waals surface area contributed by atoms with Crippen LogP contribution < -0.4 is 0 Å². The summed E-state index contributed by atoms with van der Waals surface area (Å²) in [7, 11) is 0. The second-order valence-electron chi connectivity index (χ2n) is 3.09. The first kappa shape index (κ1) is 11.7. The molecule has 16 heavy (non-hydrogen) atoms. The van der Waals surface area contributed by atoms with Crippen LogP contribution in [0.1, 0.15) is 11.1 Å². The Hall–Kier alpha value is -2.39. The van der Waals surface area contributed by atoms with Crippen molar-refractivity contribution in [3.05, 3.63) is 51.2 Å². The Morgan fingerprint density at radius 1 is 1.56 bits per heavy atom. The van der Waals surface area contributed by atoms with Gasteiger partial charge in [-0.05, 0) is 24.1 Å². The highest BCUT2D eigenvalue weighted by Crippen LogP contribution is 2.17. The number of aliphatic carboxylic acids is 1. The van der Waals surface area contributed by atoms with Crippen molar-refractivity contribution in [2.45, 2.75) is 6.92 Å². The zero-order valence-corrected chi connectivity index (χ0v) is 8.51. The van der Waals surface area contributed by atoms with Gasteiger partial charge in [-0.1, -0.05) is 6.07 Å². The predicted octanol–water partition coefficient (Wildman–Crippen LogP) is 2.16. The number of aryl methyl sites for hydroxylation is 1. The van der Waals surface area contributed by atoms with E-state index < -0.39 is 10.9 Å². The molecule has 0 unspecified atom stereocenters. The fourth-order valence-corrected chi connectivity index (χ4v) is 1.10. The van der Waals surface area contributed by atoms with Crippen LogP contribution in [0.5, 0.6) is 0 Å². The maximum Gasteiger partial charge on any atom is 0.336 e. The van der Waals surface area contributed by atoms with Crippen LogP contribution in [0.2, 0.25) is 0 Å². The molecular weight excluding hydrogens is 210 g/mol. The molecule has 0 aliphatic carbocycles. The van der Waals surface area contributed by atoms with E-state index in [0.717, 1.165) is 11.6 Å². The molecular formula is C11H9NO4. The van der Waals surface area contributed by atoms with E-state index in [1.54, 1.807) is 13.0 Å². The maximum absolute atomic E-state index is 10.5. The highest BCUT2D eigenvalue weighted by atomic mass is 16.6. The molecule has 0 aliphatic rings. The molecule has 82 valence electrons. The van der Waals surface area contributed by atoms with Gasteiger partial charge in [-0.3, -0.25) is 10.1 Å². The Labute approximate surface area is 91.5 Å². The Morgan fingerprint density at radius 2 is 2.25 bits per heavy atom. The highest BCUT2D eigenvalue weighted by Gasteiger charge is 2.06. The minimum Gasteiger partial charge on any atom is -0.478 e. The summed E-state index contributed by atoms with van der Waals surface area (Å²) in [6.07, 6.45) is 2.24. The molecule has 0 aromatic heterocycles. The normalized spacial score (nSPS) is 9.06. The van der Waals surface area contributed by atoms with Gasteiger partial charge < -0.3 is 5.11 Å². The van der Waals surface area contributed by atoms with E-state index in [2.05, 4.69) is 5.73 Å². The van der Waals surface area contributed by atoms with Gasteiger partial charge in [0.2, 0.25) is 0 Å². The number of nitro benzene ring substituents is 1. The lowest BCUT2D eigenvalue weighted by atomic mass is 10.1. The van der Waals surface area contributed by atoms with E-state index in [-0.39, 0.29) is 5.69 Å². The molecule has 1 aromatic rings. The van der Waals surface area contributed by atoms with Gasteiger partial charge in [-0.2, -0.15) is 0 Å². The van der Waals surface area contributed by atoms with Gasteiger partial charge in [-0.15, -0.1) is 5.73 Å². The summed E-state index contributed by atoms with van der Waals surface area (Å²) >= 11 is 0. The lowest BCUT2D eigenvalue weighted by Gasteiger charge is -1.98. The molecule has 1 N–H and O–H groups in total. The fourth-order valence-electron chi connectivity index (χ4n) is 1.10. The Kier molecular flexibility index (Phi) is 3.58. The average molecular weight is 219 g/mol. The van der Waals surface area contributed by atoms with Crippen molar-refractivity contribution in [2.24, 2.45) is 0 Å². The zero-order chi connectivity index (χ0) is 12.1. The average Bonchev–Trinajstić information content (AvgIpc) is 2.20. The van der Waals surface area contributed by atoms with Crippen molar-refractivity contribution in [3.63, 3.8) is 0 Å².